The molecule has 2 nitrogen and oxygen atoms in total. The Bertz CT molecular complexity index is 364. The Kier molecular flexibility index (Phi) is 3.41. The largest absolute Gasteiger partial charge is 0.399 e. The van der Waals surface area contributed by atoms with Gasteiger partial charge in [-0.15, -0.1) is 11.8 Å². The fraction of sp³-hybridized carbons (Fsp3) is 0.100. The number of nitriles is 1. The topological polar surface area (TPSA) is 49.8 Å². The van der Waals surface area contributed by atoms with Crippen LogP contribution in [0, 0.1) is 11.3 Å². The van der Waals surface area contributed by atoms with Crippen LogP contribution >= 0.6 is 11.8 Å². The van der Waals surface area contributed by atoms with Crippen LogP contribution in [0.1, 0.15) is 5.56 Å². The maximum atomic E-state index is 8.38. The highest BCUT2D eigenvalue weighted by atomic mass is 32.2. The first-order valence-electron chi connectivity index (χ1n) is 3.77. The van der Waals surface area contributed by atoms with Gasteiger partial charge >= 0.3 is 0 Å². The van der Waals surface area contributed by atoms with Crippen LogP contribution in [0.5, 0.6) is 0 Å². The average molecular weight is 190 g/mol. The molecule has 13 heavy (non-hydrogen) atoms. The van der Waals surface area contributed by atoms with Crippen molar-refractivity contribution in [1.82, 2.24) is 0 Å². The number of allylic oxidation sites excluding steroid dienone is 1. The molecule has 1 aromatic carbocycles. The summed E-state index contributed by atoms with van der Waals surface area (Å²) in [6, 6.07) is 7.61. The summed E-state index contributed by atoms with van der Waals surface area (Å²) in [4.78, 5) is 1.09. The van der Waals surface area contributed by atoms with Crippen LogP contribution in [0.3, 0.4) is 0 Å². The van der Waals surface area contributed by atoms with Gasteiger partial charge in [0.15, 0.2) is 0 Å². The molecule has 0 heterocycles. The van der Waals surface area contributed by atoms with Gasteiger partial charge < -0.3 is 5.73 Å². The van der Waals surface area contributed by atoms with Crippen molar-refractivity contribution in [1.29, 1.82) is 5.26 Å². The summed E-state index contributed by atoms with van der Waals surface area (Å²) in [5.74, 6) is 0. The third kappa shape index (κ3) is 2.53. The molecule has 0 saturated carbocycles. The number of rotatable bonds is 2. The van der Waals surface area contributed by atoms with Crippen molar-refractivity contribution in [3.05, 3.63) is 29.8 Å². The van der Waals surface area contributed by atoms with E-state index < -0.39 is 0 Å². The fourth-order valence-electron chi connectivity index (χ4n) is 0.992. The lowest BCUT2D eigenvalue weighted by molar-refractivity contribution is 1.43. The highest BCUT2D eigenvalue weighted by Gasteiger charge is 1.97. The second-order valence-electron chi connectivity index (χ2n) is 2.46. The molecule has 0 unspecified atom stereocenters. The highest BCUT2D eigenvalue weighted by molar-refractivity contribution is 7.98. The SMILES string of the molecule is CSc1cc(N)ccc1/C=C/C#N. The van der Waals surface area contributed by atoms with E-state index in [1.807, 2.05) is 30.5 Å². The standard InChI is InChI=1S/C10H10N2S/c1-13-10-7-9(12)5-4-8(10)3-2-6-11/h2-5,7H,12H2,1H3/b3-2+. The quantitative estimate of drug-likeness (QED) is 0.443. The van der Waals surface area contributed by atoms with Gasteiger partial charge in [-0.3, -0.25) is 0 Å². The summed E-state index contributed by atoms with van der Waals surface area (Å²) < 4.78 is 0. The lowest BCUT2D eigenvalue weighted by Crippen LogP contribution is -1.86. The van der Waals surface area contributed by atoms with Gasteiger partial charge in [-0.05, 0) is 30.0 Å². The normalized spacial score (nSPS) is 10.2. The fourth-order valence-corrected chi connectivity index (χ4v) is 1.62. The average Bonchev–Trinajstić information content (AvgIpc) is 2.16. The van der Waals surface area contributed by atoms with Crippen LogP contribution in [-0.4, -0.2) is 6.26 Å². The molecule has 1 aromatic rings. The van der Waals surface area contributed by atoms with E-state index in [4.69, 9.17) is 11.0 Å². The maximum Gasteiger partial charge on any atom is 0.0912 e. The van der Waals surface area contributed by atoms with Crippen LogP contribution < -0.4 is 5.73 Å². The van der Waals surface area contributed by atoms with Crippen molar-refractivity contribution < 1.29 is 0 Å². The molecule has 3 heteroatoms. The van der Waals surface area contributed by atoms with Crippen molar-refractivity contribution in [2.45, 2.75) is 4.90 Å². The van der Waals surface area contributed by atoms with Gasteiger partial charge in [-0.2, -0.15) is 5.26 Å². The van der Waals surface area contributed by atoms with Crippen LogP contribution in [0.2, 0.25) is 0 Å². The van der Waals surface area contributed by atoms with Crippen LogP contribution in [-0.2, 0) is 0 Å². The number of thioether (sulfide) groups is 1. The lowest BCUT2D eigenvalue weighted by Gasteiger charge is -2.02. The number of nitrogens with zero attached hydrogens (tertiary/aromatic N) is 1. The number of nitrogens with two attached hydrogens (primary N) is 1. The zero-order valence-corrected chi connectivity index (χ0v) is 8.14. The van der Waals surface area contributed by atoms with Gasteiger partial charge in [0, 0.05) is 16.7 Å². The summed E-state index contributed by atoms with van der Waals surface area (Å²) in [6.45, 7) is 0. The van der Waals surface area contributed by atoms with E-state index >= 15 is 0 Å². The summed E-state index contributed by atoms with van der Waals surface area (Å²) in [7, 11) is 0. The molecule has 0 aliphatic carbocycles. The minimum atomic E-state index is 0.749. The molecule has 0 aliphatic rings. The van der Waals surface area contributed by atoms with E-state index in [-0.39, 0.29) is 0 Å². The van der Waals surface area contributed by atoms with Gasteiger partial charge in [-0.1, -0.05) is 6.07 Å². The summed E-state index contributed by atoms with van der Waals surface area (Å²) in [6.07, 6.45) is 5.23. The molecule has 0 amide bonds. The zero-order chi connectivity index (χ0) is 9.68. The summed E-state index contributed by atoms with van der Waals surface area (Å²) >= 11 is 1.62. The molecular formula is C10H10N2S. The molecule has 0 saturated heterocycles. The minimum Gasteiger partial charge on any atom is -0.399 e. The molecule has 0 aliphatic heterocycles. The Hall–Kier alpha value is -1.40. The molecule has 0 spiro atoms. The van der Waals surface area contributed by atoms with Crippen LogP contribution in [0.25, 0.3) is 6.08 Å². The van der Waals surface area contributed by atoms with Crippen LogP contribution in [0.4, 0.5) is 5.69 Å². The van der Waals surface area contributed by atoms with Crippen molar-refractivity contribution in [3.63, 3.8) is 0 Å². The van der Waals surface area contributed by atoms with Gasteiger partial charge in [0.1, 0.15) is 0 Å². The number of hydrogen-bond acceptors (Lipinski definition) is 3. The predicted octanol–water partition coefficient (Wildman–Crippen LogP) is 2.53. The number of hydrogen-bond donors (Lipinski definition) is 1. The van der Waals surface area contributed by atoms with Crippen molar-refractivity contribution >= 4 is 23.5 Å². The van der Waals surface area contributed by atoms with Crippen molar-refractivity contribution in [2.24, 2.45) is 0 Å². The molecule has 0 radical (unpaired) electrons. The lowest BCUT2D eigenvalue weighted by atomic mass is 10.2. The monoisotopic (exact) mass is 190 g/mol. The smallest absolute Gasteiger partial charge is 0.0912 e. The maximum absolute atomic E-state index is 8.38. The van der Waals surface area contributed by atoms with E-state index in [0.29, 0.717) is 0 Å². The second kappa shape index (κ2) is 4.58. The van der Waals surface area contributed by atoms with Crippen molar-refractivity contribution in [3.8, 4) is 6.07 Å². The van der Waals surface area contributed by atoms with E-state index in [9.17, 15) is 0 Å². The first kappa shape index (κ1) is 9.69. The Morgan fingerprint density at radius 2 is 2.31 bits per heavy atom. The molecular weight excluding hydrogens is 180 g/mol. The third-order valence-electron chi connectivity index (χ3n) is 1.59. The molecule has 1 rings (SSSR count). The Balaban J connectivity index is 3.07. The van der Waals surface area contributed by atoms with E-state index in [0.717, 1.165) is 16.1 Å². The molecule has 0 aromatic heterocycles. The van der Waals surface area contributed by atoms with Gasteiger partial charge in [0.25, 0.3) is 0 Å². The van der Waals surface area contributed by atoms with Gasteiger partial charge in [-0.25, -0.2) is 0 Å². The molecule has 0 bridgehead atoms. The van der Waals surface area contributed by atoms with E-state index in [1.54, 1.807) is 17.8 Å². The second-order valence-corrected chi connectivity index (χ2v) is 3.31. The highest BCUT2D eigenvalue weighted by Crippen LogP contribution is 2.23. The Labute approximate surface area is 82.1 Å². The summed E-state index contributed by atoms with van der Waals surface area (Å²) in [5, 5.41) is 8.38. The summed E-state index contributed by atoms with van der Waals surface area (Å²) in [5.41, 5.74) is 7.41. The minimum absolute atomic E-state index is 0.749. The number of anilines is 1. The molecule has 2 N–H and O–H groups in total. The number of nitrogen functional groups attached to an aromatic ring is 1. The third-order valence-corrected chi connectivity index (χ3v) is 2.39. The molecule has 0 atom stereocenters. The molecule has 66 valence electrons. The zero-order valence-electron chi connectivity index (χ0n) is 7.32. The first-order chi connectivity index (χ1) is 6.27. The van der Waals surface area contributed by atoms with E-state index in [1.165, 1.54) is 6.08 Å². The first-order valence-corrected chi connectivity index (χ1v) is 5.00. The van der Waals surface area contributed by atoms with Crippen molar-refractivity contribution in [2.75, 3.05) is 12.0 Å². The molecule has 0 fully saturated rings. The predicted molar refractivity (Wildman–Crippen MR) is 57.3 cm³/mol. The Morgan fingerprint density at radius 1 is 1.54 bits per heavy atom. The van der Waals surface area contributed by atoms with E-state index in [2.05, 4.69) is 0 Å². The Morgan fingerprint density at radius 3 is 2.92 bits per heavy atom. The van der Waals surface area contributed by atoms with Crippen LogP contribution in [0.15, 0.2) is 29.2 Å². The number of benzene rings is 1. The van der Waals surface area contributed by atoms with Gasteiger partial charge in [0.05, 0.1) is 6.07 Å². The van der Waals surface area contributed by atoms with Gasteiger partial charge in [0.2, 0.25) is 0 Å².